The van der Waals surface area contributed by atoms with Crippen LogP contribution in [-0.2, 0) is 4.74 Å². The summed E-state index contributed by atoms with van der Waals surface area (Å²) in [5.74, 6) is 1.82. The third kappa shape index (κ3) is 3.48. The third-order valence-corrected chi connectivity index (χ3v) is 5.37. The van der Waals surface area contributed by atoms with Gasteiger partial charge in [0, 0.05) is 19.7 Å². The molecule has 0 radical (unpaired) electrons. The fourth-order valence-electron chi connectivity index (χ4n) is 3.56. The maximum Gasteiger partial charge on any atom is 0.0802 e. The van der Waals surface area contributed by atoms with Crippen LogP contribution in [0.5, 0.6) is 0 Å². The van der Waals surface area contributed by atoms with Crippen molar-refractivity contribution in [2.45, 2.75) is 76.9 Å². The second kappa shape index (κ2) is 6.38. The number of hydrogen-bond acceptors (Lipinski definition) is 2. The van der Waals surface area contributed by atoms with Gasteiger partial charge in [0.15, 0.2) is 0 Å². The molecule has 18 heavy (non-hydrogen) atoms. The summed E-state index contributed by atoms with van der Waals surface area (Å²) in [6, 6.07) is 0.737. The lowest BCUT2D eigenvalue weighted by molar-refractivity contribution is -0.0710. The van der Waals surface area contributed by atoms with Crippen molar-refractivity contribution in [3.8, 4) is 0 Å². The molecule has 2 nitrogen and oxygen atoms in total. The first-order chi connectivity index (χ1) is 8.65. The zero-order chi connectivity index (χ0) is 13.0. The van der Waals surface area contributed by atoms with E-state index in [-0.39, 0.29) is 5.60 Å². The Balaban J connectivity index is 1.73. The van der Waals surface area contributed by atoms with Gasteiger partial charge < -0.3 is 10.1 Å². The topological polar surface area (TPSA) is 21.3 Å². The molecule has 0 aromatic carbocycles. The van der Waals surface area contributed by atoms with Gasteiger partial charge in [0.1, 0.15) is 0 Å². The van der Waals surface area contributed by atoms with E-state index in [0.717, 1.165) is 24.4 Å². The maximum absolute atomic E-state index is 5.69. The van der Waals surface area contributed by atoms with Crippen molar-refractivity contribution in [3.63, 3.8) is 0 Å². The summed E-state index contributed by atoms with van der Waals surface area (Å²) in [7, 11) is 1.88. The van der Waals surface area contributed by atoms with Gasteiger partial charge in [-0.2, -0.15) is 0 Å². The zero-order valence-electron chi connectivity index (χ0n) is 12.5. The minimum atomic E-state index is 0.184. The van der Waals surface area contributed by atoms with Crippen LogP contribution in [0.4, 0.5) is 0 Å². The van der Waals surface area contributed by atoms with Crippen molar-refractivity contribution in [1.82, 2.24) is 5.32 Å². The Morgan fingerprint density at radius 3 is 2.44 bits per heavy atom. The lowest BCUT2D eigenvalue weighted by atomic mass is 9.79. The van der Waals surface area contributed by atoms with E-state index < -0.39 is 0 Å². The van der Waals surface area contributed by atoms with Crippen molar-refractivity contribution in [2.24, 2.45) is 11.8 Å². The molecule has 0 saturated heterocycles. The average Bonchev–Trinajstić information content (AvgIpc) is 2.54. The highest BCUT2D eigenvalue weighted by molar-refractivity contribution is 4.92. The van der Waals surface area contributed by atoms with Crippen LogP contribution in [0.15, 0.2) is 0 Å². The van der Waals surface area contributed by atoms with Gasteiger partial charge in [-0.15, -0.1) is 0 Å². The summed E-state index contributed by atoms with van der Waals surface area (Å²) in [6.07, 6.45) is 10.8. The van der Waals surface area contributed by atoms with Gasteiger partial charge in [0.2, 0.25) is 0 Å². The molecular formula is C16H31NO. The van der Waals surface area contributed by atoms with E-state index in [4.69, 9.17) is 4.74 Å². The van der Waals surface area contributed by atoms with Crippen LogP contribution >= 0.6 is 0 Å². The van der Waals surface area contributed by atoms with Crippen LogP contribution in [0, 0.1) is 11.8 Å². The highest BCUT2D eigenvalue weighted by Gasteiger charge is 2.37. The Bertz CT molecular complexity index is 242. The normalized spacial score (nSPS) is 32.0. The Labute approximate surface area is 113 Å². The smallest absolute Gasteiger partial charge is 0.0802 e. The fraction of sp³-hybridized carbons (Fsp3) is 1.00. The van der Waals surface area contributed by atoms with Gasteiger partial charge >= 0.3 is 0 Å². The number of nitrogens with one attached hydrogen (secondary N) is 1. The molecule has 2 fully saturated rings. The summed E-state index contributed by atoms with van der Waals surface area (Å²) in [4.78, 5) is 0. The second-order valence-corrected chi connectivity index (χ2v) is 6.83. The molecule has 2 saturated carbocycles. The molecule has 2 unspecified atom stereocenters. The molecule has 106 valence electrons. The number of ether oxygens (including phenoxy) is 1. The molecule has 2 aliphatic rings. The molecule has 0 aromatic heterocycles. The Kier molecular flexibility index (Phi) is 5.08. The van der Waals surface area contributed by atoms with Crippen molar-refractivity contribution in [1.29, 1.82) is 0 Å². The van der Waals surface area contributed by atoms with Crippen LogP contribution in [0.2, 0.25) is 0 Å². The minimum absolute atomic E-state index is 0.184. The van der Waals surface area contributed by atoms with Crippen LogP contribution in [-0.4, -0.2) is 25.3 Å². The molecule has 2 rings (SSSR count). The number of rotatable bonds is 5. The summed E-state index contributed by atoms with van der Waals surface area (Å²) in [6.45, 7) is 5.83. The molecule has 2 heteroatoms. The van der Waals surface area contributed by atoms with Crippen molar-refractivity contribution < 1.29 is 4.74 Å². The van der Waals surface area contributed by atoms with Gasteiger partial charge in [0.05, 0.1) is 5.60 Å². The first kappa shape index (κ1) is 14.3. The molecule has 1 N–H and O–H groups in total. The van der Waals surface area contributed by atoms with Crippen molar-refractivity contribution in [2.75, 3.05) is 13.7 Å². The average molecular weight is 253 g/mol. The molecule has 0 spiro atoms. The van der Waals surface area contributed by atoms with E-state index >= 15 is 0 Å². The molecule has 2 aliphatic carbocycles. The molecule has 0 bridgehead atoms. The lowest BCUT2D eigenvalue weighted by Crippen LogP contribution is -2.50. The Morgan fingerprint density at radius 2 is 1.89 bits per heavy atom. The van der Waals surface area contributed by atoms with E-state index in [1.165, 1.54) is 51.4 Å². The number of methoxy groups -OCH3 is 1. The summed E-state index contributed by atoms with van der Waals surface area (Å²) in [5.41, 5.74) is 0.184. The van der Waals surface area contributed by atoms with Crippen molar-refractivity contribution >= 4 is 0 Å². The van der Waals surface area contributed by atoms with E-state index in [2.05, 4.69) is 19.2 Å². The standard InChI is InChI=1S/C16H31NO/c1-13(2)14-6-4-7-15(9-8-14)17-12-16(18-3)10-5-11-16/h13-15,17H,4-12H2,1-3H3. The molecule has 0 aliphatic heterocycles. The minimum Gasteiger partial charge on any atom is -0.377 e. The quantitative estimate of drug-likeness (QED) is 0.753. The molecular weight excluding hydrogens is 222 g/mol. The van der Waals surface area contributed by atoms with E-state index in [0.29, 0.717) is 0 Å². The highest BCUT2D eigenvalue weighted by atomic mass is 16.5. The van der Waals surface area contributed by atoms with Crippen LogP contribution in [0.25, 0.3) is 0 Å². The fourth-order valence-corrected chi connectivity index (χ4v) is 3.56. The predicted octanol–water partition coefficient (Wildman–Crippen LogP) is 3.75. The van der Waals surface area contributed by atoms with Gasteiger partial charge in [-0.3, -0.25) is 0 Å². The molecule has 0 amide bonds. The first-order valence-corrected chi connectivity index (χ1v) is 7.94. The van der Waals surface area contributed by atoms with Crippen LogP contribution in [0.3, 0.4) is 0 Å². The van der Waals surface area contributed by atoms with E-state index in [1.807, 2.05) is 7.11 Å². The van der Waals surface area contributed by atoms with E-state index in [1.54, 1.807) is 0 Å². The first-order valence-electron chi connectivity index (χ1n) is 7.94. The molecule has 2 atom stereocenters. The maximum atomic E-state index is 5.69. The summed E-state index contributed by atoms with van der Waals surface area (Å²) >= 11 is 0. The molecule has 0 aromatic rings. The van der Waals surface area contributed by atoms with Gasteiger partial charge in [0.25, 0.3) is 0 Å². The Hall–Kier alpha value is -0.0800. The monoisotopic (exact) mass is 253 g/mol. The summed E-state index contributed by atoms with van der Waals surface area (Å²) < 4.78 is 5.69. The van der Waals surface area contributed by atoms with Crippen LogP contribution < -0.4 is 5.32 Å². The van der Waals surface area contributed by atoms with E-state index in [9.17, 15) is 0 Å². The van der Waals surface area contributed by atoms with Crippen LogP contribution in [0.1, 0.15) is 65.2 Å². The zero-order valence-corrected chi connectivity index (χ0v) is 12.5. The summed E-state index contributed by atoms with van der Waals surface area (Å²) in [5, 5.41) is 3.79. The van der Waals surface area contributed by atoms with Crippen molar-refractivity contribution in [3.05, 3.63) is 0 Å². The SMILES string of the molecule is COC1(CNC2CCCC(C(C)C)CC2)CCC1. The third-order valence-electron chi connectivity index (χ3n) is 5.37. The second-order valence-electron chi connectivity index (χ2n) is 6.83. The molecule has 0 heterocycles. The highest BCUT2D eigenvalue weighted by Crippen LogP contribution is 2.35. The van der Waals surface area contributed by atoms with Gasteiger partial charge in [-0.1, -0.05) is 26.7 Å². The Morgan fingerprint density at radius 1 is 1.11 bits per heavy atom. The van der Waals surface area contributed by atoms with Gasteiger partial charge in [-0.05, 0) is 50.4 Å². The van der Waals surface area contributed by atoms with Gasteiger partial charge in [-0.25, -0.2) is 0 Å². The lowest BCUT2D eigenvalue weighted by Gasteiger charge is -2.41. The predicted molar refractivity (Wildman–Crippen MR) is 76.8 cm³/mol. The largest absolute Gasteiger partial charge is 0.377 e. The number of hydrogen-bond donors (Lipinski definition) is 1.